The van der Waals surface area contributed by atoms with E-state index in [2.05, 4.69) is 41.2 Å². The topological polar surface area (TPSA) is 52.1 Å². The molecular formula is C30H38N2O2. The summed E-state index contributed by atoms with van der Waals surface area (Å²) in [6.07, 6.45) is 14.9. The van der Waals surface area contributed by atoms with Gasteiger partial charge in [-0.15, -0.1) is 0 Å². The van der Waals surface area contributed by atoms with Crippen molar-refractivity contribution in [2.75, 3.05) is 0 Å². The van der Waals surface area contributed by atoms with E-state index in [1.165, 1.54) is 50.5 Å². The van der Waals surface area contributed by atoms with Crippen LogP contribution in [0.25, 0.3) is 22.5 Å². The molecule has 0 N–H and O–H groups in total. The van der Waals surface area contributed by atoms with Gasteiger partial charge in [0, 0.05) is 23.5 Å². The number of nitrogens with zero attached hydrogens (tertiary/aromatic N) is 2. The Morgan fingerprint density at radius 2 is 1.35 bits per heavy atom. The lowest BCUT2D eigenvalue weighted by atomic mass is 10.0. The minimum Gasteiger partial charge on any atom is -0.426 e. The van der Waals surface area contributed by atoms with Gasteiger partial charge in [0.05, 0.1) is 5.92 Å². The average molecular weight is 459 g/mol. The van der Waals surface area contributed by atoms with Gasteiger partial charge in [-0.2, -0.15) is 0 Å². The number of ether oxygens (including phenoxy) is 1. The maximum Gasteiger partial charge on any atom is 0.314 e. The fourth-order valence-electron chi connectivity index (χ4n) is 3.83. The molecule has 0 spiro atoms. The summed E-state index contributed by atoms with van der Waals surface area (Å²) >= 11 is 0. The molecule has 0 aliphatic heterocycles. The number of hydrogen-bond acceptors (Lipinski definition) is 4. The van der Waals surface area contributed by atoms with Gasteiger partial charge in [0.25, 0.3) is 0 Å². The summed E-state index contributed by atoms with van der Waals surface area (Å²) in [5.41, 5.74) is 4.32. The molecule has 0 aliphatic rings. The van der Waals surface area contributed by atoms with Crippen molar-refractivity contribution in [3.63, 3.8) is 0 Å². The summed E-state index contributed by atoms with van der Waals surface area (Å²) in [5.74, 6) is 0.986. The third kappa shape index (κ3) is 7.79. The van der Waals surface area contributed by atoms with Crippen LogP contribution >= 0.6 is 0 Å². The van der Waals surface area contributed by atoms with Gasteiger partial charge in [-0.1, -0.05) is 95.7 Å². The normalized spacial score (nSPS) is 11.9. The SMILES string of the molecule is CCCCCCCCCc1ccc(-c2ncc(-c3ccc(OC(=O)C(C)CC)cc3)cn2)cc1. The number of unbranched alkanes of at least 4 members (excludes halogenated alkanes) is 6. The van der Waals surface area contributed by atoms with Crippen LogP contribution in [0.1, 0.15) is 77.7 Å². The molecule has 0 bridgehead atoms. The van der Waals surface area contributed by atoms with Crippen molar-refractivity contribution in [3.05, 3.63) is 66.5 Å². The highest BCUT2D eigenvalue weighted by molar-refractivity contribution is 5.75. The molecule has 2 aromatic carbocycles. The first-order chi connectivity index (χ1) is 16.6. The van der Waals surface area contributed by atoms with Crippen molar-refractivity contribution in [1.82, 2.24) is 9.97 Å². The second-order valence-electron chi connectivity index (χ2n) is 9.12. The molecule has 1 aromatic heterocycles. The first-order valence-electron chi connectivity index (χ1n) is 12.8. The van der Waals surface area contributed by atoms with Crippen LogP contribution in [-0.2, 0) is 11.2 Å². The van der Waals surface area contributed by atoms with Gasteiger partial charge in [-0.05, 0) is 42.5 Å². The largest absolute Gasteiger partial charge is 0.426 e. The summed E-state index contributed by atoms with van der Waals surface area (Å²) in [7, 11) is 0. The van der Waals surface area contributed by atoms with E-state index >= 15 is 0 Å². The first-order valence-corrected chi connectivity index (χ1v) is 12.8. The van der Waals surface area contributed by atoms with Gasteiger partial charge in [0.1, 0.15) is 5.75 Å². The minimum atomic E-state index is -0.198. The Hall–Kier alpha value is -3.01. The minimum absolute atomic E-state index is 0.102. The van der Waals surface area contributed by atoms with Crippen LogP contribution in [0.5, 0.6) is 5.75 Å². The Kier molecular flexibility index (Phi) is 10.3. The molecule has 3 rings (SSSR count). The molecule has 1 atom stereocenters. The predicted molar refractivity (Wildman–Crippen MR) is 140 cm³/mol. The van der Waals surface area contributed by atoms with E-state index in [1.807, 2.05) is 50.5 Å². The summed E-state index contributed by atoms with van der Waals surface area (Å²) in [6.45, 7) is 6.11. The van der Waals surface area contributed by atoms with E-state index in [0.29, 0.717) is 5.75 Å². The van der Waals surface area contributed by atoms with Gasteiger partial charge in [0.15, 0.2) is 5.82 Å². The number of aryl methyl sites for hydroxylation is 1. The highest BCUT2D eigenvalue weighted by Gasteiger charge is 2.13. The molecule has 1 unspecified atom stereocenters. The van der Waals surface area contributed by atoms with Crippen molar-refractivity contribution in [3.8, 4) is 28.3 Å². The van der Waals surface area contributed by atoms with Crippen molar-refractivity contribution in [2.24, 2.45) is 5.92 Å². The average Bonchev–Trinajstić information content (AvgIpc) is 2.88. The van der Waals surface area contributed by atoms with E-state index in [4.69, 9.17) is 4.74 Å². The van der Waals surface area contributed by atoms with E-state index in [0.717, 1.165) is 35.4 Å². The lowest BCUT2D eigenvalue weighted by Crippen LogP contribution is -2.16. The third-order valence-electron chi connectivity index (χ3n) is 6.35. The van der Waals surface area contributed by atoms with Crippen molar-refractivity contribution < 1.29 is 9.53 Å². The van der Waals surface area contributed by atoms with Crippen LogP contribution in [-0.4, -0.2) is 15.9 Å². The maximum absolute atomic E-state index is 12.0. The third-order valence-corrected chi connectivity index (χ3v) is 6.35. The van der Waals surface area contributed by atoms with E-state index < -0.39 is 0 Å². The molecule has 4 heteroatoms. The van der Waals surface area contributed by atoms with Gasteiger partial charge >= 0.3 is 5.97 Å². The number of hydrogen-bond donors (Lipinski definition) is 0. The molecule has 0 aliphatic carbocycles. The molecular weight excluding hydrogens is 420 g/mol. The number of esters is 1. The molecule has 3 aromatic rings. The van der Waals surface area contributed by atoms with E-state index in [1.54, 1.807) is 0 Å². The number of carbonyl (C=O) groups is 1. The molecule has 4 nitrogen and oxygen atoms in total. The van der Waals surface area contributed by atoms with Crippen LogP contribution in [0.4, 0.5) is 0 Å². The molecule has 34 heavy (non-hydrogen) atoms. The van der Waals surface area contributed by atoms with Crippen molar-refractivity contribution in [1.29, 1.82) is 0 Å². The van der Waals surface area contributed by atoms with Crippen LogP contribution in [0.15, 0.2) is 60.9 Å². The van der Waals surface area contributed by atoms with Crippen molar-refractivity contribution >= 4 is 5.97 Å². The Morgan fingerprint density at radius 1 is 0.765 bits per heavy atom. The number of benzene rings is 2. The smallest absolute Gasteiger partial charge is 0.314 e. The zero-order chi connectivity index (χ0) is 24.2. The van der Waals surface area contributed by atoms with Gasteiger partial charge in [0.2, 0.25) is 0 Å². The second-order valence-corrected chi connectivity index (χ2v) is 9.12. The van der Waals surface area contributed by atoms with Crippen LogP contribution in [0.3, 0.4) is 0 Å². The van der Waals surface area contributed by atoms with Gasteiger partial charge < -0.3 is 4.74 Å². The van der Waals surface area contributed by atoms with E-state index in [9.17, 15) is 4.79 Å². The quantitative estimate of drug-likeness (QED) is 0.148. The van der Waals surface area contributed by atoms with Crippen LogP contribution in [0.2, 0.25) is 0 Å². The summed E-state index contributed by atoms with van der Waals surface area (Å²) in [4.78, 5) is 21.1. The zero-order valence-electron chi connectivity index (χ0n) is 20.9. The lowest BCUT2D eigenvalue weighted by molar-refractivity contribution is -0.138. The van der Waals surface area contributed by atoms with Crippen molar-refractivity contribution in [2.45, 2.75) is 78.6 Å². The lowest BCUT2D eigenvalue weighted by Gasteiger charge is -2.09. The highest BCUT2D eigenvalue weighted by Crippen LogP contribution is 2.24. The molecule has 1 heterocycles. The number of aromatic nitrogens is 2. The molecule has 180 valence electrons. The van der Waals surface area contributed by atoms with Crippen LogP contribution < -0.4 is 4.74 Å². The fraction of sp³-hybridized carbons (Fsp3) is 0.433. The number of rotatable bonds is 13. The predicted octanol–water partition coefficient (Wildman–Crippen LogP) is 8.06. The van der Waals surface area contributed by atoms with Crippen LogP contribution in [0, 0.1) is 5.92 Å². The zero-order valence-corrected chi connectivity index (χ0v) is 20.9. The molecule has 0 saturated heterocycles. The summed E-state index contributed by atoms with van der Waals surface area (Å²) in [5, 5.41) is 0. The summed E-state index contributed by atoms with van der Waals surface area (Å²) in [6, 6.07) is 16.1. The Labute approximate surface area is 204 Å². The first kappa shape index (κ1) is 25.6. The molecule has 0 amide bonds. The Morgan fingerprint density at radius 3 is 1.97 bits per heavy atom. The number of carbonyl (C=O) groups excluding carboxylic acids is 1. The highest BCUT2D eigenvalue weighted by atomic mass is 16.5. The second kappa shape index (κ2) is 13.6. The van der Waals surface area contributed by atoms with E-state index in [-0.39, 0.29) is 11.9 Å². The fourth-order valence-corrected chi connectivity index (χ4v) is 3.83. The van der Waals surface area contributed by atoms with Gasteiger partial charge in [-0.3, -0.25) is 4.79 Å². The Balaban J connectivity index is 1.51. The van der Waals surface area contributed by atoms with Gasteiger partial charge in [-0.25, -0.2) is 9.97 Å². The molecule has 0 radical (unpaired) electrons. The Bertz CT molecular complexity index is 995. The monoisotopic (exact) mass is 458 g/mol. The maximum atomic E-state index is 12.0. The molecule has 0 fully saturated rings. The molecule has 0 saturated carbocycles. The standard InChI is InChI=1S/C30H38N2O2/c1-4-6-7-8-9-10-11-12-24-13-15-26(16-14-24)29-31-21-27(22-32-29)25-17-19-28(20-18-25)34-30(33)23(3)5-2/h13-23H,4-12H2,1-3H3. The summed E-state index contributed by atoms with van der Waals surface area (Å²) < 4.78 is 5.42.